The predicted molar refractivity (Wildman–Crippen MR) is 155 cm³/mol. The van der Waals surface area contributed by atoms with Crippen LogP contribution in [0.15, 0.2) is 83.8 Å². The normalized spacial score (nSPS) is 14.3. The van der Waals surface area contributed by atoms with Gasteiger partial charge >= 0.3 is 6.09 Å². The molecule has 40 heavy (non-hydrogen) atoms. The zero-order valence-electron chi connectivity index (χ0n) is 22.9. The Labute approximate surface area is 234 Å². The fraction of sp³-hybridized carbons (Fsp3) is 0.333. The number of H-pyrrole nitrogens is 1. The molecule has 0 radical (unpaired) electrons. The second kappa shape index (κ2) is 12.6. The van der Waals surface area contributed by atoms with Crippen LogP contribution in [0.5, 0.6) is 0 Å². The van der Waals surface area contributed by atoms with E-state index in [1.54, 1.807) is 12.1 Å². The lowest BCUT2D eigenvalue weighted by atomic mass is 10.0. The quantitative estimate of drug-likeness (QED) is 0.199. The topological polar surface area (TPSA) is 136 Å². The zero-order chi connectivity index (χ0) is 28.9. The van der Waals surface area contributed by atoms with E-state index in [4.69, 9.17) is 0 Å². The fourth-order valence-electron chi connectivity index (χ4n) is 4.75. The molecule has 0 saturated heterocycles. The molecular weight excluding hydrogens is 528 g/mol. The summed E-state index contributed by atoms with van der Waals surface area (Å²) in [5.74, 6) is 0.689. The third kappa shape index (κ3) is 7.07. The number of sulfonamides is 1. The summed E-state index contributed by atoms with van der Waals surface area (Å²) in [5.41, 5.74) is 3.16. The van der Waals surface area contributed by atoms with Gasteiger partial charge in [-0.05, 0) is 41.7 Å². The number of fused-ring (bicyclic) bond motifs is 1. The number of aliphatic hydroxyl groups is 1. The predicted octanol–water partition coefficient (Wildman–Crippen LogP) is 4.60. The standard InChI is InChI=1S/C30H36N4O5S/c1-20(2)18-34(19-28(35)27(33-30(36)37)16-22-10-6-4-7-11-22)40(38,39)24-14-15-25-26(17-24)32-29(31-25)21(3)23-12-8-5-9-13-23/h4-15,17,20-21,27-28,33,35H,16,18-19H2,1-3H3,(H,31,32)(H,36,37)/t21?,27-,28+/m0/s1. The van der Waals surface area contributed by atoms with Crippen molar-refractivity contribution in [2.24, 2.45) is 5.92 Å². The fourth-order valence-corrected chi connectivity index (χ4v) is 6.39. The first-order chi connectivity index (χ1) is 19.0. The van der Waals surface area contributed by atoms with E-state index in [1.807, 2.05) is 81.4 Å². The van der Waals surface area contributed by atoms with Gasteiger partial charge in [0.2, 0.25) is 10.0 Å². The molecule has 1 aromatic heterocycles. The smallest absolute Gasteiger partial charge is 0.404 e. The lowest BCUT2D eigenvalue weighted by molar-refractivity contribution is 0.0980. The molecule has 0 aliphatic carbocycles. The van der Waals surface area contributed by atoms with Gasteiger partial charge in [0.15, 0.2) is 0 Å². The molecule has 0 fully saturated rings. The van der Waals surface area contributed by atoms with Crippen molar-refractivity contribution in [3.8, 4) is 0 Å². The number of hydrogen-bond acceptors (Lipinski definition) is 5. The van der Waals surface area contributed by atoms with Crippen LogP contribution in [-0.4, -0.2) is 64.2 Å². The lowest BCUT2D eigenvalue weighted by Crippen LogP contribution is -2.50. The van der Waals surface area contributed by atoms with E-state index in [0.717, 1.165) is 17.0 Å². The summed E-state index contributed by atoms with van der Waals surface area (Å²) >= 11 is 0. The molecule has 1 amide bonds. The minimum absolute atomic E-state index is 0.00970. The highest BCUT2D eigenvalue weighted by molar-refractivity contribution is 7.89. The zero-order valence-corrected chi connectivity index (χ0v) is 23.7. The van der Waals surface area contributed by atoms with Gasteiger partial charge in [0.25, 0.3) is 0 Å². The van der Waals surface area contributed by atoms with E-state index in [0.29, 0.717) is 11.0 Å². The van der Waals surface area contributed by atoms with Gasteiger partial charge in [-0.1, -0.05) is 81.4 Å². The largest absolute Gasteiger partial charge is 0.465 e. The van der Waals surface area contributed by atoms with Gasteiger partial charge in [-0.25, -0.2) is 18.2 Å². The van der Waals surface area contributed by atoms with Gasteiger partial charge in [-0.2, -0.15) is 4.31 Å². The van der Waals surface area contributed by atoms with Crippen molar-refractivity contribution in [3.63, 3.8) is 0 Å². The third-order valence-corrected chi connectivity index (χ3v) is 8.68. The van der Waals surface area contributed by atoms with Gasteiger partial charge in [-0.3, -0.25) is 0 Å². The van der Waals surface area contributed by atoms with Crippen molar-refractivity contribution in [2.45, 2.75) is 50.2 Å². The first-order valence-corrected chi connectivity index (χ1v) is 14.7. The number of carbonyl (C=O) groups is 1. The molecule has 1 heterocycles. The van der Waals surface area contributed by atoms with Gasteiger partial charge in [0.1, 0.15) is 5.82 Å². The monoisotopic (exact) mass is 564 g/mol. The van der Waals surface area contributed by atoms with Crippen molar-refractivity contribution in [1.82, 2.24) is 19.6 Å². The summed E-state index contributed by atoms with van der Waals surface area (Å²) < 4.78 is 28.9. The van der Waals surface area contributed by atoms with Gasteiger partial charge in [0.05, 0.1) is 28.1 Å². The van der Waals surface area contributed by atoms with E-state index >= 15 is 0 Å². The van der Waals surface area contributed by atoms with Crippen LogP contribution in [0, 0.1) is 5.92 Å². The van der Waals surface area contributed by atoms with E-state index in [-0.39, 0.29) is 36.2 Å². The molecule has 0 aliphatic rings. The SMILES string of the molecule is CC(C)CN(C[C@@H](O)[C@H](Cc1ccccc1)NC(=O)O)S(=O)(=O)c1ccc2nc(C(C)c3ccccc3)[nH]c2c1. The molecule has 3 aromatic carbocycles. The first-order valence-electron chi connectivity index (χ1n) is 13.3. The first kappa shape index (κ1) is 29.3. The second-order valence-electron chi connectivity index (χ2n) is 10.5. The molecule has 3 atom stereocenters. The average molecular weight is 565 g/mol. The highest BCUT2D eigenvalue weighted by atomic mass is 32.2. The minimum Gasteiger partial charge on any atom is -0.465 e. The Bertz CT molecular complexity index is 1520. The number of aromatic amines is 1. The van der Waals surface area contributed by atoms with Gasteiger partial charge in [-0.15, -0.1) is 0 Å². The Morgan fingerprint density at radius 3 is 2.25 bits per heavy atom. The number of nitrogens with one attached hydrogen (secondary N) is 2. The molecule has 0 spiro atoms. The number of aliphatic hydroxyl groups excluding tert-OH is 1. The molecule has 9 nitrogen and oxygen atoms in total. The molecule has 4 aromatic rings. The highest BCUT2D eigenvalue weighted by Gasteiger charge is 2.31. The Balaban J connectivity index is 1.60. The molecule has 4 rings (SSSR count). The number of hydrogen-bond donors (Lipinski definition) is 4. The highest BCUT2D eigenvalue weighted by Crippen LogP contribution is 2.27. The van der Waals surface area contributed by atoms with Crippen LogP contribution in [0.1, 0.15) is 43.6 Å². The maximum absolute atomic E-state index is 13.9. The van der Waals surface area contributed by atoms with Crippen molar-refractivity contribution in [1.29, 1.82) is 0 Å². The third-order valence-electron chi connectivity index (χ3n) is 6.85. The molecule has 10 heteroatoms. The number of imidazole rings is 1. The lowest BCUT2D eigenvalue weighted by Gasteiger charge is -2.30. The molecule has 212 valence electrons. The summed E-state index contributed by atoms with van der Waals surface area (Å²) in [5, 5.41) is 22.8. The number of amides is 1. The number of benzene rings is 3. The molecule has 1 unspecified atom stereocenters. The molecule has 0 bridgehead atoms. The van der Waals surface area contributed by atoms with Crippen LogP contribution >= 0.6 is 0 Å². The average Bonchev–Trinajstić information content (AvgIpc) is 3.36. The van der Waals surface area contributed by atoms with Crippen molar-refractivity contribution < 1.29 is 23.4 Å². The van der Waals surface area contributed by atoms with Crippen molar-refractivity contribution >= 4 is 27.1 Å². The minimum atomic E-state index is -4.03. The Kier molecular flexibility index (Phi) is 9.24. The van der Waals surface area contributed by atoms with E-state index < -0.39 is 28.3 Å². The number of carboxylic acid groups (broad SMARTS) is 1. The summed E-state index contributed by atoms with van der Waals surface area (Å²) in [7, 11) is -4.03. The number of rotatable bonds is 12. The van der Waals surface area contributed by atoms with Gasteiger partial charge in [0, 0.05) is 19.0 Å². The maximum Gasteiger partial charge on any atom is 0.404 e. The van der Waals surface area contributed by atoms with Crippen LogP contribution in [0.3, 0.4) is 0 Å². The van der Waals surface area contributed by atoms with E-state index in [1.165, 1.54) is 10.4 Å². The molecule has 0 aliphatic heterocycles. The van der Waals surface area contributed by atoms with E-state index in [9.17, 15) is 23.4 Å². The maximum atomic E-state index is 13.9. The summed E-state index contributed by atoms with van der Waals surface area (Å²) in [6, 6.07) is 22.9. The summed E-state index contributed by atoms with van der Waals surface area (Å²) in [4.78, 5) is 19.5. The molecule has 4 N–H and O–H groups in total. The summed E-state index contributed by atoms with van der Waals surface area (Å²) in [6.07, 6.45) is -2.35. The van der Waals surface area contributed by atoms with Crippen LogP contribution in [0.2, 0.25) is 0 Å². The molecule has 0 saturated carbocycles. The van der Waals surface area contributed by atoms with Gasteiger partial charge < -0.3 is 20.5 Å². The van der Waals surface area contributed by atoms with Crippen LogP contribution < -0.4 is 5.32 Å². The summed E-state index contributed by atoms with van der Waals surface area (Å²) in [6.45, 7) is 5.70. The Morgan fingerprint density at radius 1 is 0.975 bits per heavy atom. The van der Waals surface area contributed by atoms with Crippen LogP contribution in [0.4, 0.5) is 4.79 Å². The Hall–Kier alpha value is -3.73. The van der Waals surface area contributed by atoms with Crippen molar-refractivity contribution in [3.05, 3.63) is 95.8 Å². The number of nitrogens with zero attached hydrogens (tertiary/aromatic N) is 2. The van der Waals surface area contributed by atoms with E-state index in [2.05, 4.69) is 15.3 Å². The van der Waals surface area contributed by atoms with Crippen molar-refractivity contribution in [2.75, 3.05) is 13.1 Å². The van der Waals surface area contributed by atoms with Crippen LogP contribution in [0.25, 0.3) is 11.0 Å². The van der Waals surface area contributed by atoms with Crippen LogP contribution in [-0.2, 0) is 16.4 Å². The number of aromatic nitrogens is 2. The Morgan fingerprint density at radius 2 is 1.62 bits per heavy atom. The second-order valence-corrected chi connectivity index (χ2v) is 12.4. The molecular formula is C30H36N4O5S.